The zero-order valence-electron chi connectivity index (χ0n) is 26.2. The van der Waals surface area contributed by atoms with E-state index in [-0.39, 0.29) is 18.9 Å². The lowest BCUT2D eigenvalue weighted by atomic mass is 9.97. The second-order valence-electron chi connectivity index (χ2n) is 11.7. The predicted molar refractivity (Wildman–Crippen MR) is 175 cm³/mol. The molecule has 1 aliphatic heterocycles. The van der Waals surface area contributed by atoms with Crippen molar-refractivity contribution in [2.75, 3.05) is 6.54 Å². The van der Waals surface area contributed by atoms with Gasteiger partial charge in [-0.15, -0.1) is 10.2 Å². The summed E-state index contributed by atoms with van der Waals surface area (Å²) in [5.74, 6) is -0.162. The summed E-state index contributed by atoms with van der Waals surface area (Å²) in [7, 11) is 1.68. The molecule has 0 fully saturated rings. The van der Waals surface area contributed by atoms with Gasteiger partial charge in [-0.05, 0) is 57.7 Å². The van der Waals surface area contributed by atoms with E-state index in [1.165, 1.54) is 34.6 Å². The molecule has 2 heterocycles. The number of hydrogen-bond acceptors (Lipinski definition) is 5. The van der Waals surface area contributed by atoms with E-state index in [9.17, 15) is 22.8 Å². The van der Waals surface area contributed by atoms with Gasteiger partial charge in [0, 0.05) is 37.7 Å². The molecule has 48 heavy (non-hydrogen) atoms. The summed E-state index contributed by atoms with van der Waals surface area (Å²) in [6, 6.07) is 28.7. The Balaban J connectivity index is 1.33. The third-order valence-electron chi connectivity index (χ3n) is 8.39. The summed E-state index contributed by atoms with van der Waals surface area (Å²) >= 11 is 0. The Morgan fingerprint density at radius 2 is 1.56 bits per heavy atom. The molecule has 11 heteroatoms. The van der Waals surface area contributed by atoms with Crippen LogP contribution >= 0.6 is 0 Å². The number of aromatic nitrogens is 4. The van der Waals surface area contributed by atoms with E-state index < -0.39 is 23.7 Å². The van der Waals surface area contributed by atoms with Crippen LogP contribution in [0.5, 0.6) is 0 Å². The number of carbonyl (C=O) groups excluding carboxylic acids is 2. The van der Waals surface area contributed by atoms with Crippen molar-refractivity contribution >= 4 is 17.9 Å². The Hall–Kier alpha value is -5.58. The van der Waals surface area contributed by atoms with Crippen molar-refractivity contribution in [2.24, 2.45) is 7.05 Å². The highest BCUT2D eigenvalue weighted by Gasteiger charge is 2.34. The fraction of sp³-hybridized carbons (Fsp3) is 0.216. The molecule has 244 valence electrons. The zero-order chi connectivity index (χ0) is 33.7. The summed E-state index contributed by atoms with van der Waals surface area (Å²) in [6.45, 7) is 1.06. The Morgan fingerprint density at radius 3 is 2.23 bits per heavy atom. The minimum atomic E-state index is -4.46. The van der Waals surface area contributed by atoms with Gasteiger partial charge in [-0.1, -0.05) is 91.0 Å². The average Bonchev–Trinajstić information content (AvgIpc) is 3.54. The van der Waals surface area contributed by atoms with Gasteiger partial charge in [-0.25, -0.2) is 0 Å². The van der Waals surface area contributed by atoms with Crippen molar-refractivity contribution in [1.82, 2.24) is 30.0 Å². The van der Waals surface area contributed by atoms with E-state index >= 15 is 0 Å². The molecule has 0 spiro atoms. The largest absolute Gasteiger partial charge is 0.416 e. The summed E-state index contributed by atoms with van der Waals surface area (Å²) < 4.78 is 39.4. The second kappa shape index (κ2) is 14.0. The maximum absolute atomic E-state index is 14.5. The number of amides is 2. The monoisotopic (exact) mass is 650 g/mol. The van der Waals surface area contributed by atoms with Crippen LogP contribution in [0.4, 0.5) is 13.2 Å². The Bertz CT molecular complexity index is 1900. The van der Waals surface area contributed by atoms with E-state index in [0.717, 1.165) is 34.4 Å². The molecular formula is C37H33F3N6O2. The van der Waals surface area contributed by atoms with Crippen LogP contribution < -0.4 is 0 Å². The number of tetrazole rings is 1. The summed E-state index contributed by atoms with van der Waals surface area (Å²) in [5.41, 5.74) is 4.33. The average molecular weight is 651 g/mol. The molecule has 0 saturated carbocycles. The standard InChI is InChI=1S/C37H33F3N6O2/c1-44-42-35(41-43-44)30-16-11-28(12-17-30)24-46(34(47)20-15-26-13-18-32(19-14-26)37(38,39)40)33(23-27-7-3-2-4-8-27)36(48)45-22-21-29-9-5-6-10-31(29)25-45/h2-20,33H,21-25H2,1H3/t33-/m0/s1. The van der Waals surface area contributed by atoms with Crippen molar-refractivity contribution < 1.29 is 22.8 Å². The van der Waals surface area contributed by atoms with Gasteiger partial charge in [-0.3, -0.25) is 9.59 Å². The quantitative estimate of drug-likeness (QED) is 0.179. The fourth-order valence-corrected chi connectivity index (χ4v) is 5.81. The van der Waals surface area contributed by atoms with Crippen molar-refractivity contribution in [2.45, 2.75) is 38.1 Å². The molecule has 8 nitrogen and oxygen atoms in total. The molecule has 0 aliphatic carbocycles. The number of halogens is 3. The first-order valence-electron chi connectivity index (χ1n) is 15.5. The van der Waals surface area contributed by atoms with Gasteiger partial charge in [0.05, 0.1) is 12.6 Å². The van der Waals surface area contributed by atoms with Crippen molar-refractivity contribution in [3.63, 3.8) is 0 Å². The number of benzene rings is 4. The molecule has 0 radical (unpaired) electrons. The Morgan fingerprint density at radius 1 is 0.875 bits per heavy atom. The minimum Gasteiger partial charge on any atom is -0.336 e. The lowest BCUT2D eigenvalue weighted by molar-refractivity contribution is -0.144. The highest BCUT2D eigenvalue weighted by Crippen LogP contribution is 2.29. The molecule has 5 aromatic rings. The van der Waals surface area contributed by atoms with Gasteiger partial charge in [0.1, 0.15) is 6.04 Å². The molecular weight excluding hydrogens is 617 g/mol. The first-order chi connectivity index (χ1) is 23.1. The first-order valence-corrected chi connectivity index (χ1v) is 15.5. The van der Waals surface area contributed by atoms with Crippen LogP contribution in [-0.4, -0.2) is 54.4 Å². The topological polar surface area (TPSA) is 84.2 Å². The van der Waals surface area contributed by atoms with Crippen molar-refractivity contribution in [3.8, 4) is 11.4 Å². The molecule has 0 unspecified atom stereocenters. The zero-order valence-corrected chi connectivity index (χ0v) is 26.2. The summed E-state index contributed by atoms with van der Waals surface area (Å²) in [5, 5.41) is 12.2. The fourth-order valence-electron chi connectivity index (χ4n) is 5.81. The normalized spacial score (nSPS) is 13.7. The molecule has 4 aromatic carbocycles. The third-order valence-corrected chi connectivity index (χ3v) is 8.39. The molecule has 2 amide bonds. The lowest BCUT2D eigenvalue weighted by Crippen LogP contribution is -2.52. The van der Waals surface area contributed by atoms with Crippen LogP contribution in [0.3, 0.4) is 0 Å². The molecule has 1 aromatic heterocycles. The van der Waals surface area contributed by atoms with E-state index in [1.807, 2.05) is 72.8 Å². The van der Waals surface area contributed by atoms with E-state index in [1.54, 1.807) is 16.8 Å². The molecule has 1 atom stereocenters. The van der Waals surface area contributed by atoms with Crippen LogP contribution in [0, 0.1) is 0 Å². The van der Waals surface area contributed by atoms with E-state index in [2.05, 4.69) is 21.5 Å². The van der Waals surface area contributed by atoms with E-state index in [4.69, 9.17) is 0 Å². The second-order valence-corrected chi connectivity index (χ2v) is 11.7. The van der Waals surface area contributed by atoms with Gasteiger partial charge < -0.3 is 9.80 Å². The number of fused-ring (bicyclic) bond motifs is 1. The number of alkyl halides is 3. The van der Waals surface area contributed by atoms with Crippen molar-refractivity contribution in [1.29, 1.82) is 0 Å². The maximum atomic E-state index is 14.5. The Kier molecular flexibility index (Phi) is 9.47. The molecule has 0 saturated heterocycles. The molecule has 1 aliphatic rings. The van der Waals surface area contributed by atoms with E-state index in [0.29, 0.717) is 30.9 Å². The summed E-state index contributed by atoms with van der Waals surface area (Å²) in [4.78, 5) is 33.3. The summed E-state index contributed by atoms with van der Waals surface area (Å²) in [6.07, 6.45) is -0.691. The van der Waals surface area contributed by atoms with Crippen LogP contribution in [0.15, 0.2) is 109 Å². The molecule has 0 bridgehead atoms. The predicted octanol–water partition coefficient (Wildman–Crippen LogP) is 6.13. The van der Waals surface area contributed by atoms with Crippen LogP contribution in [0.2, 0.25) is 0 Å². The smallest absolute Gasteiger partial charge is 0.336 e. The SMILES string of the molecule is Cn1nnc(-c2ccc(CN(C(=O)C=Cc3ccc(C(F)(F)F)cc3)[C@@H](Cc3ccccc3)C(=O)N3CCc4ccccc4C3)cc2)n1. The minimum absolute atomic E-state index is 0.109. The van der Waals surface area contributed by atoms with Crippen LogP contribution in [-0.2, 0) is 48.7 Å². The van der Waals surface area contributed by atoms with Gasteiger partial charge in [0.2, 0.25) is 17.6 Å². The number of rotatable bonds is 9. The van der Waals surface area contributed by atoms with Gasteiger partial charge >= 0.3 is 6.18 Å². The van der Waals surface area contributed by atoms with Crippen LogP contribution in [0.1, 0.15) is 33.4 Å². The number of carbonyl (C=O) groups is 2. The van der Waals surface area contributed by atoms with Gasteiger partial charge in [0.15, 0.2) is 0 Å². The highest BCUT2D eigenvalue weighted by molar-refractivity contribution is 5.96. The van der Waals surface area contributed by atoms with Gasteiger partial charge in [-0.2, -0.15) is 18.0 Å². The lowest BCUT2D eigenvalue weighted by Gasteiger charge is -2.37. The first kappa shape index (κ1) is 32.4. The maximum Gasteiger partial charge on any atom is 0.416 e. The third kappa shape index (κ3) is 7.68. The van der Waals surface area contributed by atoms with Crippen molar-refractivity contribution in [3.05, 3.63) is 143 Å². The Labute approximate surface area is 276 Å². The number of nitrogens with zero attached hydrogens (tertiary/aromatic N) is 6. The van der Waals surface area contributed by atoms with Crippen LogP contribution in [0.25, 0.3) is 17.5 Å². The number of hydrogen-bond donors (Lipinski definition) is 0. The molecule has 0 N–H and O–H groups in total. The van der Waals surface area contributed by atoms with Gasteiger partial charge in [0.25, 0.3) is 0 Å². The number of aryl methyl sites for hydroxylation is 1. The molecule has 6 rings (SSSR count). The highest BCUT2D eigenvalue weighted by atomic mass is 19.4.